The zero-order chi connectivity index (χ0) is 14.6. The van der Waals surface area contributed by atoms with Crippen LogP contribution in [0.4, 0.5) is 0 Å². The first-order valence-corrected chi connectivity index (χ1v) is 7.02. The Kier molecular flexibility index (Phi) is 4.35. The van der Waals surface area contributed by atoms with Crippen LogP contribution < -0.4 is 11.1 Å². The summed E-state index contributed by atoms with van der Waals surface area (Å²) in [6.07, 6.45) is 3.27. The Morgan fingerprint density at radius 1 is 1.25 bits per heavy atom. The summed E-state index contributed by atoms with van der Waals surface area (Å²) in [6.45, 7) is 4.50. The van der Waals surface area contributed by atoms with Crippen molar-refractivity contribution in [2.45, 2.75) is 32.2 Å². The van der Waals surface area contributed by atoms with Crippen molar-refractivity contribution >= 4 is 16.7 Å². The van der Waals surface area contributed by atoms with Crippen LogP contribution >= 0.6 is 0 Å². The zero-order valence-corrected chi connectivity index (χ0v) is 12.0. The summed E-state index contributed by atoms with van der Waals surface area (Å²) in [6, 6.07) is 9.66. The number of carbonyl (C=O) groups is 1. The minimum Gasteiger partial charge on any atom is -0.344 e. The molecule has 1 aromatic heterocycles. The number of pyridine rings is 1. The number of nitrogens with zero attached hydrogens (tertiary/aromatic N) is 1. The van der Waals surface area contributed by atoms with E-state index in [4.69, 9.17) is 5.73 Å². The molecule has 1 amide bonds. The largest absolute Gasteiger partial charge is 0.344 e. The Morgan fingerprint density at radius 3 is 2.60 bits per heavy atom. The fourth-order valence-corrected chi connectivity index (χ4v) is 2.37. The van der Waals surface area contributed by atoms with Gasteiger partial charge in [0.2, 0.25) is 0 Å². The maximum atomic E-state index is 12.5. The molecule has 2 rings (SSSR count). The number of hydrogen-bond donors (Lipinski definition) is 2. The Morgan fingerprint density at radius 2 is 1.95 bits per heavy atom. The predicted molar refractivity (Wildman–Crippen MR) is 81.6 cm³/mol. The quantitative estimate of drug-likeness (QED) is 0.878. The predicted octanol–water partition coefficient (Wildman–Crippen LogP) is 2.48. The molecule has 0 spiro atoms. The SMILES string of the molecule is CCC(CC)(CN)NC(=O)c1nccc2ccccc12. The molecule has 0 aliphatic carbocycles. The first-order chi connectivity index (χ1) is 9.65. The first-order valence-electron chi connectivity index (χ1n) is 7.02. The summed E-state index contributed by atoms with van der Waals surface area (Å²) in [5.74, 6) is -0.157. The topological polar surface area (TPSA) is 68.0 Å². The maximum absolute atomic E-state index is 12.5. The molecule has 1 heterocycles. The number of nitrogens with two attached hydrogens (primary N) is 1. The van der Waals surface area contributed by atoms with Gasteiger partial charge in [-0.05, 0) is 24.3 Å². The van der Waals surface area contributed by atoms with Crippen LogP contribution in [0.1, 0.15) is 37.2 Å². The van der Waals surface area contributed by atoms with E-state index in [1.807, 2.05) is 44.2 Å². The van der Waals surface area contributed by atoms with Gasteiger partial charge in [0.1, 0.15) is 5.69 Å². The summed E-state index contributed by atoms with van der Waals surface area (Å²) in [4.78, 5) is 16.8. The molecule has 0 saturated heterocycles. The second-order valence-electron chi connectivity index (χ2n) is 5.03. The van der Waals surface area contributed by atoms with Crippen molar-refractivity contribution in [3.05, 3.63) is 42.2 Å². The van der Waals surface area contributed by atoms with E-state index in [0.717, 1.165) is 23.6 Å². The van der Waals surface area contributed by atoms with E-state index in [-0.39, 0.29) is 11.4 Å². The van der Waals surface area contributed by atoms with E-state index in [1.54, 1.807) is 6.20 Å². The van der Waals surface area contributed by atoms with E-state index in [2.05, 4.69) is 10.3 Å². The third kappa shape index (κ3) is 2.65. The first kappa shape index (κ1) is 14.5. The van der Waals surface area contributed by atoms with Crippen LogP contribution in [0.15, 0.2) is 36.5 Å². The molecule has 0 aliphatic heterocycles. The van der Waals surface area contributed by atoms with Crippen LogP contribution in [0.5, 0.6) is 0 Å². The van der Waals surface area contributed by atoms with Crippen LogP contribution in [-0.2, 0) is 0 Å². The van der Waals surface area contributed by atoms with E-state index < -0.39 is 0 Å². The maximum Gasteiger partial charge on any atom is 0.270 e. The summed E-state index contributed by atoms with van der Waals surface area (Å²) in [5.41, 5.74) is 5.94. The van der Waals surface area contributed by atoms with Crippen molar-refractivity contribution in [1.29, 1.82) is 0 Å². The average molecular weight is 271 g/mol. The van der Waals surface area contributed by atoms with Crippen molar-refractivity contribution in [2.24, 2.45) is 5.73 Å². The third-order valence-electron chi connectivity index (χ3n) is 4.01. The molecule has 0 fully saturated rings. The van der Waals surface area contributed by atoms with Gasteiger partial charge in [-0.25, -0.2) is 0 Å². The van der Waals surface area contributed by atoms with Gasteiger partial charge in [-0.3, -0.25) is 9.78 Å². The van der Waals surface area contributed by atoms with Gasteiger partial charge in [0.25, 0.3) is 5.91 Å². The summed E-state index contributed by atoms with van der Waals surface area (Å²) >= 11 is 0. The lowest BCUT2D eigenvalue weighted by Gasteiger charge is -2.31. The van der Waals surface area contributed by atoms with Crippen LogP contribution in [0.2, 0.25) is 0 Å². The number of hydrogen-bond acceptors (Lipinski definition) is 3. The molecule has 0 bridgehead atoms. The van der Waals surface area contributed by atoms with Crippen molar-refractivity contribution in [1.82, 2.24) is 10.3 Å². The Balaban J connectivity index is 2.37. The number of nitrogens with one attached hydrogen (secondary N) is 1. The van der Waals surface area contributed by atoms with Gasteiger partial charge in [0.15, 0.2) is 0 Å². The Hall–Kier alpha value is -1.94. The second kappa shape index (κ2) is 6.01. The lowest BCUT2D eigenvalue weighted by molar-refractivity contribution is 0.0892. The molecule has 3 N–H and O–H groups in total. The fourth-order valence-electron chi connectivity index (χ4n) is 2.37. The average Bonchev–Trinajstić information content (AvgIpc) is 2.52. The summed E-state index contributed by atoms with van der Waals surface area (Å²) < 4.78 is 0. The number of rotatable bonds is 5. The van der Waals surface area contributed by atoms with E-state index >= 15 is 0 Å². The van der Waals surface area contributed by atoms with Crippen LogP contribution in [0.3, 0.4) is 0 Å². The number of fused-ring (bicyclic) bond motifs is 1. The molecule has 4 nitrogen and oxygen atoms in total. The molecule has 0 atom stereocenters. The highest BCUT2D eigenvalue weighted by molar-refractivity contribution is 6.05. The molecular formula is C16H21N3O. The number of aromatic nitrogens is 1. The van der Waals surface area contributed by atoms with E-state index in [9.17, 15) is 4.79 Å². The monoisotopic (exact) mass is 271 g/mol. The number of carbonyl (C=O) groups excluding carboxylic acids is 1. The van der Waals surface area contributed by atoms with E-state index in [0.29, 0.717) is 12.2 Å². The molecule has 0 saturated carbocycles. The van der Waals surface area contributed by atoms with Gasteiger partial charge in [-0.15, -0.1) is 0 Å². The summed E-state index contributed by atoms with van der Waals surface area (Å²) in [5, 5.41) is 4.94. The van der Waals surface area contributed by atoms with Gasteiger partial charge in [-0.1, -0.05) is 38.1 Å². The molecule has 0 unspecified atom stereocenters. The number of amides is 1. The van der Waals surface area contributed by atoms with Crippen LogP contribution in [-0.4, -0.2) is 23.0 Å². The smallest absolute Gasteiger partial charge is 0.270 e. The minimum absolute atomic E-state index is 0.157. The van der Waals surface area contributed by atoms with Crippen molar-refractivity contribution < 1.29 is 4.79 Å². The van der Waals surface area contributed by atoms with Gasteiger partial charge < -0.3 is 11.1 Å². The van der Waals surface area contributed by atoms with Gasteiger partial charge in [0, 0.05) is 18.1 Å². The Labute approximate surface area is 119 Å². The fraction of sp³-hybridized carbons (Fsp3) is 0.375. The molecule has 0 radical (unpaired) electrons. The lowest BCUT2D eigenvalue weighted by Crippen LogP contribution is -2.53. The van der Waals surface area contributed by atoms with Gasteiger partial charge >= 0.3 is 0 Å². The molecular weight excluding hydrogens is 250 g/mol. The molecule has 1 aromatic carbocycles. The zero-order valence-electron chi connectivity index (χ0n) is 12.0. The molecule has 4 heteroatoms. The standard InChI is InChI=1S/C16H21N3O/c1-3-16(4-2,11-17)19-15(20)14-13-8-6-5-7-12(13)9-10-18-14/h5-10H,3-4,11,17H2,1-2H3,(H,19,20). The molecule has 0 aliphatic rings. The minimum atomic E-state index is -0.351. The van der Waals surface area contributed by atoms with Crippen molar-refractivity contribution in [2.75, 3.05) is 6.54 Å². The van der Waals surface area contributed by atoms with E-state index in [1.165, 1.54) is 0 Å². The van der Waals surface area contributed by atoms with Crippen molar-refractivity contribution in [3.63, 3.8) is 0 Å². The molecule has 20 heavy (non-hydrogen) atoms. The normalized spacial score (nSPS) is 11.6. The van der Waals surface area contributed by atoms with Gasteiger partial charge in [-0.2, -0.15) is 0 Å². The lowest BCUT2D eigenvalue weighted by atomic mass is 9.92. The summed E-state index contributed by atoms with van der Waals surface area (Å²) in [7, 11) is 0. The second-order valence-corrected chi connectivity index (χ2v) is 5.03. The highest BCUT2D eigenvalue weighted by atomic mass is 16.2. The number of benzene rings is 1. The van der Waals surface area contributed by atoms with Crippen molar-refractivity contribution in [3.8, 4) is 0 Å². The third-order valence-corrected chi connectivity index (χ3v) is 4.01. The molecule has 106 valence electrons. The molecule has 2 aromatic rings. The van der Waals surface area contributed by atoms with Crippen LogP contribution in [0, 0.1) is 0 Å². The highest BCUT2D eigenvalue weighted by Crippen LogP contribution is 2.19. The van der Waals surface area contributed by atoms with Crippen LogP contribution in [0.25, 0.3) is 10.8 Å². The van der Waals surface area contributed by atoms with Gasteiger partial charge in [0.05, 0.1) is 5.54 Å². The highest BCUT2D eigenvalue weighted by Gasteiger charge is 2.27. The Bertz CT molecular complexity index is 592.